The summed E-state index contributed by atoms with van der Waals surface area (Å²) in [5.41, 5.74) is 4.48. The van der Waals surface area contributed by atoms with E-state index in [4.69, 9.17) is 4.98 Å². The van der Waals surface area contributed by atoms with Gasteiger partial charge >= 0.3 is 5.69 Å². The molecule has 0 fully saturated rings. The molecule has 4 aromatic rings. The molecule has 0 spiro atoms. The fourth-order valence-corrected chi connectivity index (χ4v) is 3.91. The van der Waals surface area contributed by atoms with E-state index in [1.165, 1.54) is 0 Å². The van der Waals surface area contributed by atoms with E-state index in [2.05, 4.69) is 23.5 Å². The fraction of sp³-hybridized carbons (Fsp3) is 0.238. The van der Waals surface area contributed by atoms with E-state index in [0.29, 0.717) is 12.2 Å². The van der Waals surface area contributed by atoms with Crippen LogP contribution in [-0.2, 0) is 13.1 Å². The zero-order valence-electron chi connectivity index (χ0n) is 15.6. The Morgan fingerprint density at radius 1 is 1.04 bits per heavy atom. The highest BCUT2D eigenvalue weighted by Gasteiger charge is 2.17. The number of allylic oxidation sites excluding steroid dienone is 1. The van der Waals surface area contributed by atoms with E-state index in [9.17, 15) is 4.79 Å². The summed E-state index contributed by atoms with van der Waals surface area (Å²) in [6.07, 6.45) is 2.10. The molecule has 5 nitrogen and oxygen atoms in total. The molecule has 0 radical (unpaired) electrons. The van der Waals surface area contributed by atoms with Gasteiger partial charge in [-0.1, -0.05) is 30.8 Å². The van der Waals surface area contributed by atoms with Crippen LogP contribution in [0.2, 0.25) is 0 Å². The average molecular weight is 379 g/mol. The van der Waals surface area contributed by atoms with Gasteiger partial charge in [0, 0.05) is 18.0 Å². The van der Waals surface area contributed by atoms with Crippen LogP contribution in [0.1, 0.15) is 12.7 Å². The molecule has 0 atom stereocenters. The Hall–Kier alpha value is -2.73. The SMILES string of the molecule is C=C(C)n1c(=O)n(Cc2nc3ccccc3n2CCSC)c2ccccc21. The van der Waals surface area contributed by atoms with Gasteiger partial charge in [0.2, 0.25) is 0 Å². The molecule has 2 aromatic carbocycles. The molecule has 0 aliphatic heterocycles. The van der Waals surface area contributed by atoms with Crippen molar-refractivity contribution in [1.82, 2.24) is 18.7 Å². The van der Waals surface area contributed by atoms with E-state index in [1.807, 2.05) is 49.4 Å². The first kappa shape index (κ1) is 17.7. The summed E-state index contributed by atoms with van der Waals surface area (Å²) in [7, 11) is 0. The Bertz CT molecular complexity index is 1200. The summed E-state index contributed by atoms with van der Waals surface area (Å²) in [6.45, 7) is 7.13. The topological polar surface area (TPSA) is 44.8 Å². The molecule has 6 heteroatoms. The second kappa shape index (κ2) is 7.12. The smallest absolute Gasteiger partial charge is 0.326 e. The zero-order valence-corrected chi connectivity index (χ0v) is 16.4. The summed E-state index contributed by atoms with van der Waals surface area (Å²) in [6, 6.07) is 16.0. The van der Waals surface area contributed by atoms with Gasteiger partial charge in [0.1, 0.15) is 5.82 Å². The van der Waals surface area contributed by atoms with Crippen LogP contribution in [0.25, 0.3) is 27.8 Å². The predicted octanol–water partition coefficient (Wildman–Crippen LogP) is 4.05. The van der Waals surface area contributed by atoms with Gasteiger partial charge in [-0.2, -0.15) is 11.8 Å². The van der Waals surface area contributed by atoms with Crippen LogP contribution in [0.4, 0.5) is 0 Å². The number of fused-ring (bicyclic) bond motifs is 2. The summed E-state index contributed by atoms with van der Waals surface area (Å²) in [5.74, 6) is 1.90. The number of aromatic nitrogens is 4. The van der Waals surface area contributed by atoms with E-state index in [-0.39, 0.29) is 5.69 Å². The van der Waals surface area contributed by atoms with Crippen molar-refractivity contribution in [2.24, 2.45) is 0 Å². The van der Waals surface area contributed by atoms with E-state index in [1.54, 1.807) is 20.9 Å². The van der Waals surface area contributed by atoms with E-state index >= 15 is 0 Å². The van der Waals surface area contributed by atoms with Crippen molar-refractivity contribution in [1.29, 1.82) is 0 Å². The van der Waals surface area contributed by atoms with Crippen molar-refractivity contribution in [2.45, 2.75) is 20.0 Å². The number of imidazole rings is 2. The number of hydrogen-bond donors (Lipinski definition) is 0. The van der Waals surface area contributed by atoms with Crippen LogP contribution in [0.3, 0.4) is 0 Å². The monoisotopic (exact) mass is 378 g/mol. The molecule has 4 rings (SSSR count). The fourth-order valence-electron chi connectivity index (χ4n) is 3.55. The van der Waals surface area contributed by atoms with Crippen LogP contribution in [0, 0.1) is 0 Å². The Balaban J connectivity index is 1.89. The van der Waals surface area contributed by atoms with Crippen LogP contribution >= 0.6 is 11.8 Å². The standard InChI is InChI=1S/C21H22N4OS/c1-15(2)25-19-11-7-6-10-18(19)24(21(25)26)14-20-22-16-8-4-5-9-17(16)23(20)12-13-27-3/h4-11H,1,12-14H2,2-3H3. The number of rotatable bonds is 6. The molecule has 27 heavy (non-hydrogen) atoms. The maximum atomic E-state index is 13.1. The van der Waals surface area contributed by atoms with E-state index < -0.39 is 0 Å². The molecule has 0 aliphatic rings. The Labute approximate surface area is 161 Å². The molecule has 2 aromatic heterocycles. The van der Waals surface area contributed by atoms with Gasteiger partial charge in [0.05, 0.1) is 28.6 Å². The van der Waals surface area contributed by atoms with Crippen LogP contribution in [0.15, 0.2) is 59.9 Å². The number of hydrogen-bond acceptors (Lipinski definition) is 3. The molecule has 2 heterocycles. The lowest BCUT2D eigenvalue weighted by molar-refractivity contribution is 0.660. The minimum absolute atomic E-state index is 0.0767. The molecule has 0 saturated heterocycles. The third-order valence-electron chi connectivity index (χ3n) is 4.77. The Morgan fingerprint density at radius 3 is 2.41 bits per heavy atom. The highest BCUT2D eigenvalue weighted by Crippen LogP contribution is 2.20. The molecular weight excluding hydrogens is 356 g/mol. The molecule has 0 aliphatic carbocycles. The zero-order chi connectivity index (χ0) is 19.0. The first-order valence-electron chi connectivity index (χ1n) is 8.91. The molecule has 0 amide bonds. The second-order valence-electron chi connectivity index (χ2n) is 6.59. The van der Waals surface area contributed by atoms with Gasteiger partial charge < -0.3 is 4.57 Å². The molecule has 138 valence electrons. The molecule has 0 N–H and O–H groups in total. The van der Waals surface area contributed by atoms with Gasteiger partial charge in [-0.3, -0.25) is 9.13 Å². The molecular formula is C21H22N4OS. The van der Waals surface area contributed by atoms with Crippen molar-refractivity contribution < 1.29 is 0 Å². The highest BCUT2D eigenvalue weighted by atomic mass is 32.2. The maximum absolute atomic E-state index is 13.1. The second-order valence-corrected chi connectivity index (χ2v) is 7.57. The van der Waals surface area contributed by atoms with Crippen molar-refractivity contribution in [3.8, 4) is 0 Å². The Kier molecular flexibility index (Phi) is 4.66. The van der Waals surface area contributed by atoms with Crippen LogP contribution < -0.4 is 5.69 Å². The third kappa shape index (κ3) is 3.00. The van der Waals surface area contributed by atoms with Gasteiger partial charge in [-0.05, 0) is 37.4 Å². The van der Waals surface area contributed by atoms with Gasteiger partial charge in [0.15, 0.2) is 0 Å². The molecule has 0 unspecified atom stereocenters. The van der Waals surface area contributed by atoms with Crippen molar-refractivity contribution in [3.63, 3.8) is 0 Å². The summed E-state index contributed by atoms with van der Waals surface area (Å²) < 4.78 is 5.69. The summed E-state index contributed by atoms with van der Waals surface area (Å²) >= 11 is 1.80. The first-order chi connectivity index (χ1) is 13.1. The molecule has 0 bridgehead atoms. The van der Waals surface area contributed by atoms with Crippen molar-refractivity contribution in [3.05, 3.63) is 71.4 Å². The minimum Gasteiger partial charge on any atom is -0.326 e. The van der Waals surface area contributed by atoms with Crippen LogP contribution in [-0.4, -0.2) is 30.7 Å². The largest absolute Gasteiger partial charge is 0.333 e. The summed E-state index contributed by atoms with van der Waals surface area (Å²) in [4.78, 5) is 17.9. The van der Waals surface area contributed by atoms with Gasteiger partial charge in [-0.15, -0.1) is 0 Å². The van der Waals surface area contributed by atoms with Crippen LogP contribution in [0.5, 0.6) is 0 Å². The number of thioether (sulfide) groups is 1. The maximum Gasteiger partial charge on any atom is 0.333 e. The predicted molar refractivity (Wildman–Crippen MR) is 114 cm³/mol. The van der Waals surface area contributed by atoms with E-state index in [0.717, 1.165) is 40.2 Å². The Morgan fingerprint density at radius 2 is 1.70 bits per heavy atom. The number of nitrogens with zero attached hydrogens (tertiary/aromatic N) is 4. The normalized spacial score (nSPS) is 11.5. The van der Waals surface area contributed by atoms with Crippen molar-refractivity contribution >= 4 is 39.5 Å². The minimum atomic E-state index is -0.0767. The van der Waals surface area contributed by atoms with Crippen molar-refractivity contribution in [2.75, 3.05) is 12.0 Å². The third-order valence-corrected chi connectivity index (χ3v) is 5.36. The van der Waals surface area contributed by atoms with Gasteiger partial charge in [0.25, 0.3) is 0 Å². The highest BCUT2D eigenvalue weighted by molar-refractivity contribution is 7.98. The molecule has 0 saturated carbocycles. The number of aryl methyl sites for hydroxylation is 1. The lowest BCUT2D eigenvalue weighted by atomic mass is 10.3. The number of para-hydroxylation sites is 4. The summed E-state index contributed by atoms with van der Waals surface area (Å²) in [5, 5.41) is 0. The number of benzene rings is 2. The first-order valence-corrected chi connectivity index (χ1v) is 10.3. The lowest BCUT2D eigenvalue weighted by Gasteiger charge is -2.09. The lowest BCUT2D eigenvalue weighted by Crippen LogP contribution is -2.25. The van der Waals surface area contributed by atoms with Gasteiger partial charge in [-0.25, -0.2) is 9.78 Å². The average Bonchev–Trinajstić information content (AvgIpc) is 3.15. The quantitative estimate of drug-likeness (QED) is 0.508.